The summed E-state index contributed by atoms with van der Waals surface area (Å²) in [5.74, 6) is -0.717. The Morgan fingerprint density at radius 2 is 1.62 bits per heavy atom. The summed E-state index contributed by atoms with van der Waals surface area (Å²) >= 11 is 4.97. The molecule has 0 atom stereocenters. The topological polar surface area (TPSA) is 70.2 Å². The summed E-state index contributed by atoms with van der Waals surface area (Å²) in [6, 6.07) is 16.6. The van der Waals surface area contributed by atoms with E-state index in [1.807, 2.05) is 49.4 Å². The Hall–Kier alpha value is -2.99. The van der Waals surface area contributed by atoms with E-state index in [4.69, 9.17) is 12.2 Å². The summed E-state index contributed by atoms with van der Waals surface area (Å²) in [6.45, 7) is 1.84. The van der Waals surface area contributed by atoms with Crippen molar-refractivity contribution in [2.24, 2.45) is 0 Å². The molecule has 5 nitrogen and oxygen atoms in total. The third kappa shape index (κ3) is 5.33. The number of aryl methyl sites for hydroxylation is 1. The van der Waals surface area contributed by atoms with E-state index in [9.17, 15) is 9.59 Å². The molecule has 3 N–H and O–H groups in total. The molecule has 0 aliphatic rings. The lowest BCUT2D eigenvalue weighted by atomic mass is 10.1. The van der Waals surface area contributed by atoms with E-state index in [0.717, 1.165) is 11.1 Å². The van der Waals surface area contributed by atoms with Crippen molar-refractivity contribution in [2.75, 3.05) is 0 Å². The van der Waals surface area contributed by atoms with Crippen molar-refractivity contribution in [3.63, 3.8) is 0 Å². The Balaban J connectivity index is 1.81. The average Bonchev–Trinajstić information content (AvgIpc) is 2.59. The lowest BCUT2D eigenvalue weighted by molar-refractivity contribution is -0.115. The molecule has 0 fully saturated rings. The minimum absolute atomic E-state index is 0.0136. The molecule has 2 rings (SSSR count). The van der Waals surface area contributed by atoms with Gasteiger partial charge in [0.25, 0.3) is 5.91 Å². The largest absolute Gasteiger partial charge is 0.298 e. The van der Waals surface area contributed by atoms with Crippen molar-refractivity contribution in [2.45, 2.75) is 6.92 Å². The Bertz CT molecular complexity index is 773. The molecule has 2 aromatic rings. The molecule has 2 aromatic carbocycles. The van der Waals surface area contributed by atoms with Crippen molar-refractivity contribution in [1.82, 2.24) is 16.2 Å². The van der Waals surface area contributed by atoms with Gasteiger partial charge in [0.05, 0.1) is 0 Å². The predicted octanol–water partition coefficient (Wildman–Crippen LogP) is 2.34. The van der Waals surface area contributed by atoms with Crippen LogP contribution in [-0.4, -0.2) is 16.9 Å². The number of carbonyl (C=O) groups is 2. The number of hydrogen-bond acceptors (Lipinski definition) is 3. The van der Waals surface area contributed by atoms with Gasteiger partial charge in [0.15, 0.2) is 5.11 Å². The highest BCUT2D eigenvalue weighted by Crippen LogP contribution is 2.05. The molecule has 0 bridgehead atoms. The zero-order valence-electron chi connectivity index (χ0n) is 13.1. The van der Waals surface area contributed by atoms with Gasteiger partial charge in [-0.05, 0) is 42.4 Å². The Morgan fingerprint density at radius 1 is 0.958 bits per heavy atom. The van der Waals surface area contributed by atoms with E-state index < -0.39 is 0 Å². The van der Waals surface area contributed by atoms with E-state index >= 15 is 0 Å². The molecule has 24 heavy (non-hydrogen) atoms. The Kier molecular flexibility index (Phi) is 6.22. The van der Waals surface area contributed by atoms with Gasteiger partial charge in [0.1, 0.15) is 0 Å². The number of nitrogens with one attached hydrogen (secondary N) is 3. The fraction of sp³-hybridized carbons (Fsp3) is 0.0556. The van der Waals surface area contributed by atoms with Crippen molar-refractivity contribution < 1.29 is 9.59 Å². The van der Waals surface area contributed by atoms with Crippen molar-refractivity contribution in [3.05, 3.63) is 77.4 Å². The highest BCUT2D eigenvalue weighted by Gasteiger charge is 2.08. The summed E-state index contributed by atoms with van der Waals surface area (Å²) < 4.78 is 0. The van der Waals surface area contributed by atoms with E-state index in [1.165, 1.54) is 6.08 Å². The summed E-state index contributed by atoms with van der Waals surface area (Å²) in [7, 11) is 0. The van der Waals surface area contributed by atoms with Gasteiger partial charge in [-0.2, -0.15) is 0 Å². The summed E-state index contributed by atoms with van der Waals surface area (Å²) in [6.07, 6.45) is 3.04. The number of thiocarbonyl (C=S) groups is 1. The maximum Gasteiger partial charge on any atom is 0.269 e. The Morgan fingerprint density at radius 3 is 2.33 bits per heavy atom. The second-order valence-electron chi connectivity index (χ2n) is 4.96. The number of hydrogen-bond donors (Lipinski definition) is 3. The first-order valence-corrected chi connectivity index (χ1v) is 7.67. The maximum atomic E-state index is 12.0. The summed E-state index contributed by atoms with van der Waals surface area (Å²) in [5.41, 5.74) is 7.23. The van der Waals surface area contributed by atoms with Crippen LogP contribution in [0.2, 0.25) is 0 Å². The van der Waals surface area contributed by atoms with Crippen molar-refractivity contribution in [3.8, 4) is 0 Å². The molecule has 0 aliphatic heterocycles. The average molecular weight is 339 g/mol. The van der Waals surface area contributed by atoms with Crippen LogP contribution < -0.4 is 16.2 Å². The van der Waals surface area contributed by atoms with Gasteiger partial charge in [0, 0.05) is 11.6 Å². The summed E-state index contributed by atoms with van der Waals surface area (Å²) in [5, 5.41) is 2.47. The van der Waals surface area contributed by atoms with Gasteiger partial charge in [-0.1, -0.05) is 48.5 Å². The molecule has 0 saturated heterocycles. The third-order valence-corrected chi connectivity index (χ3v) is 3.35. The van der Waals surface area contributed by atoms with Crippen LogP contribution in [0.25, 0.3) is 6.08 Å². The van der Waals surface area contributed by atoms with Crippen LogP contribution in [0, 0.1) is 6.92 Å². The number of benzene rings is 2. The molecule has 0 aromatic heterocycles. The fourth-order valence-electron chi connectivity index (χ4n) is 1.93. The number of rotatable bonds is 3. The number of hydrazine groups is 1. The van der Waals surface area contributed by atoms with Crippen LogP contribution in [0.5, 0.6) is 0 Å². The van der Waals surface area contributed by atoms with Crippen LogP contribution in [-0.2, 0) is 4.79 Å². The molecular formula is C18H17N3O2S. The van der Waals surface area contributed by atoms with Gasteiger partial charge in [0.2, 0.25) is 5.91 Å². The second-order valence-corrected chi connectivity index (χ2v) is 5.36. The minimum atomic E-state index is -0.388. The van der Waals surface area contributed by atoms with E-state index in [2.05, 4.69) is 16.2 Å². The first kappa shape index (κ1) is 17.4. The van der Waals surface area contributed by atoms with Gasteiger partial charge in [-0.3, -0.25) is 25.8 Å². The highest BCUT2D eigenvalue weighted by molar-refractivity contribution is 7.80. The number of amides is 2. The van der Waals surface area contributed by atoms with Gasteiger partial charge < -0.3 is 0 Å². The van der Waals surface area contributed by atoms with Crippen LogP contribution in [0.15, 0.2) is 60.7 Å². The molecule has 0 aliphatic carbocycles. The summed E-state index contributed by atoms with van der Waals surface area (Å²) in [4.78, 5) is 23.8. The van der Waals surface area contributed by atoms with E-state index in [1.54, 1.807) is 18.2 Å². The molecule has 6 heteroatoms. The third-order valence-electron chi connectivity index (χ3n) is 3.14. The quantitative estimate of drug-likeness (QED) is 0.456. The van der Waals surface area contributed by atoms with Crippen LogP contribution >= 0.6 is 12.2 Å². The smallest absolute Gasteiger partial charge is 0.269 e. The molecule has 0 unspecified atom stereocenters. The van der Waals surface area contributed by atoms with Crippen molar-refractivity contribution >= 4 is 35.2 Å². The minimum Gasteiger partial charge on any atom is -0.298 e. The van der Waals surface area contributed by atoms with Crippen molar-refractivity contribution in [1.29, 1.82) is 0 Å². The van der Waals surface area contributed by atoms with Gasteiger partial charge >= 0.3 is 0 Å². The molecule has 0 radical (unpaired) electrons. The first-order chi connectivity index (χ1) is 11.6. The van der Waals surface area contributed by atoms with Gasteiger partial charge in [-0.15, -0.1) is 0 Å². The van der Waals surface area contributed by atoms with Gasteiger partial charge in [-0.25, -0.2) is 0 Å². The SMILES string of the molecule is Cc1ccccc1C(=O)NNC(=S)NC(=O)C=Cc1ccccc1. The zero-order valence-corrected chi connectivity index (χ0v) is 13.9. The lowest BCUT2D eigenvalue weighted by Gasteiger charge is -2.10. The second kappa shape index (κ2) is 8.59. The normalized spacial score (nSPS) is 10.2. The molecule has 0 saturated carbocycles. The predicted molar refractivity (Wildman–Crippen MR) is 98.0 cm³/mol. The standard InChI is InChI=1S/C18H17N3O2S/c1-13-7-5-6-10-15(13)17(23)20-21-18(24)19-16(22)12-11-14-8-3-2-4-9-14/h2-12H,1H3,(H,20,23)(H2,19,21,22,24). The van der Waals surface area contributed by atoms with Crippen LogP contribution in [0.3, 0.4) is 0 Å². The highest BCUT2D eigenvalue weighted by atomic mass is 32.1. The molecule has 2 amide bonds. The van der Waals surface area contributed by atoms with Crippen LogP contribution in [0.1, 0.15) is 21.5 Å². The van der Waals surface area contributed by atoms with Crippen LogP contribution in [0.4, 0.5) is 0 Å². The molecule has 122 valence electrons. The molecule has 0 spiro atoms. The maximum absolute atomic E-state index is 12.0. The Labute approximate surface area is 145 Å². The lowest BCUT2D eigenvalue weighted by Crippen LogP contribution is -2.48. The molecule has 0 heterocycles. The van der Waals surface area contributed by atoms with E-state index in [-0.39, 0.29) is 16.9 Å². The zero-order chi connectivity index (χ0) is 17.4. The van der Waals surface area contributed by atoms with E-state index in [0.29, 0.717) is 5.56 Å². The fourth-order valence-corrected chi connectivity index (χ4v) is 2.08. The monoisotopic (exact) mass is 339 g/mol. The molecular weight excluding hydrogens is 322 g/mol. The number of carbonyl (C=O) groups excluding carboxylic acids is 2. The first-order valence-electron chi connectivity index (χ1n) is 7.26.